The van der Waals surface area contributed by atoms with Crippen molar-refractivity contribution in [1.29, 1.82) is 0 Å². The third-order valence-corrected chi connectivity index (χ3v) is 3.65. The minimum Gasteiger partial charge on any atom is -0.314 e. The van der Waals surface area contributed by atoms with Gasteiger partial charge >= 0.3 is 0 Å². The summed E-state index contributed by atoms with van der Waals surface area (Å²) >= 11 is 1.84. The molecule has 0 aliphatic heterocycles. The maximum absolute atomic E-state index is 4.06. The Bertz CT molecular complexity index is 411. The predicted octanol–water partition coefficient (Wildman–Crippen LogP) is 2.91. The molecule has 0 spiro atoms. The molecule has 17 heavy (non-hydrogen) atoms. The molecular weight excluding hydrogens is 228 g/mol. The van der Waals surface area contributed by atoms with Crippen LogP contribution in [0, 0.1) is 0 Å². The highest BCUT2D eigenvalue weighted by Gasteiger charge is 2.09. The first kappa shape index (κ1) is 12.3. The lowest BCUT2D eigenvalue weighted by Crippen LogP contribution is -2.32. The lowest BCUT2D eigenvalue weighted by Gasteiger charge is -2.17. The van der Waals surface area contributed by atoms with E-state index in [4.69, 9.17) is 0 Å². The zero-order valence-corrected chi connectivity index (χ0v) is 10.9. The molecule has 0 saturated heterocycles. The van der Waals surface area contributed by atoms with Gasteiger partial charge in [-0.25, -0.2) is 0 Å². The van der Waals surface area contributed by atoms with E-state index in [2.05, 4.69) is 46.9 Å². The van der Waals surface area contributed by atoms with E-state index in [1.807, 2.05) is 23.7 Å². The molecule has 0 amide bonds. The van der Waals surface area contributed by atoms with E-state index in [0.29, 0.717) is 6.04 Å². The van der Waals surface area contributed by atoms with Gasteiger partial charge in [0.05, 0.1) is 0 Å². The molecule has 1 N–H and O–H groups in total. The fraction of sp³-hybridized carbons (Fsp3) is 0.357. The summed E-state index contributed by atoms with van der Waals surface area (Å²) in [5, 5.41) is 5.70. The number of nitrogens with zero attached hydrogens (tertiary/aromatic N) is 1. The molecule has 2 rings (SSSR count). The van der Waals surface area contributed by atoms with Crippen molar-refractivity contribution in [2.45, 2.75) is 25.8 Å². The van der Waals surface area contributed by atoms with Crippen molar-refractivity contribution in [2.24, 2.45) is 0 Å². The van der Waals surface area contributed by atoms with Crippen molar-refractivity contribution in [3.05, 3.63) is 52.5 Å². The van der Waals surface area contributed by atoms with Crippen LogP contribution < -0.4 is 5.32 Å². The molecule has 1 atom stereocenters. The Morgan fingerprint density at radius 1 is 1.24 bits per heavy atom. The third-order valence-electron chi connectivity index (χ3n) is 2.75. The summed E-state index contributed by atoms with van der Waals surface area (Å²) in [7, 11) is 0. The van der Waals surface area contributed by atoms with E-state index in [-0.39, 0.29) is 0 Å². The van der Waals surface area contributed by atoms with E-state index in [9.17, 15) is 0 Å². The number of hydrogen-bond acceptors (Lipinski definition) is 3. The van der Waals surface area contributed by atoms with Gasteiger partial charge < -0.3 is 5.32 Å². The quantitative estimate of drug-likeness (QED) is 0.847. The van der Waals surface area contributed by atoms with Gasteiger partial charge in [0.25, 0.3) is 0 Å². The third kappa shape index (κ3) is 3.95. The van der Waals surface area contributed by atoms with Crippen molar-refractivity contribution in [3.8, 4) is 0 Å². The summed E-state index contributed by atoms with van der Waals surface area (Å²) in [6, 6.07) is 9.04. The molecule has 2 aromatic rings. The lowest BCUT2D eigenvalue weighted by molar-refractivity contribution is 0.524. The number of nitrogens with one attached hydrogen (secondary N) is 1. The zero-order valence-electron chi connectivity index (χ0n) is 10.1. The maximum atomic E-state index is 4.06. The van der Waals surface area contributed by atoms with Gasteiger partial charge in [-0.05, 0) is 48.5 Å². The summed E-state index contributed by atoms with van der Waals surface area (Å²) in [6.07, 6.45) is 5.90. The fourth-order valence-corrected chi connectivity index (χ4v) is 2.77. The molecule has 0 aliphatic carbocycles. The Hall–Kier alpha value is -1.19. The van der Waals surface area contributed by atoms with E-state index in [1.54, 1.807) is 0 Å². The second-order valence-corrected chi connectivity index (χ2v) is 5.13. The number of thiophene rings is 1. The van der Waals surface area contributed by atoms with Gasteiger partial charge in [-0.3, -0.25) is 4.98 Å². The van der Waals surface area contributed by atoms with Crippen LogP contribution in [0.1, 0.15) is 17.4 Å². The lowest BCUT2D eigenvalue weighted by atomic mass is 10.0. The Morgan fingerprint density at radius 2 is 2.06 bits per heavy atom. The Kier molecular flexibility index (Phi) is 4.71. The molecule has 0 fully saturated rings. The van der Waals surface area contributed by atoms with Crippen LogP contribution in [0.25, 0.3) is 0 Å². The van der Waals surface area contributed by atoms with Gasteiger partial charge in [0.2, 0.25) is 0 Å². The van der Waals surface area contributed by atoms with Gasteiger partial charge in [-0.1, -0.05) is 13.0 Å². The second-order valence-electron chi connectivity index (χ2n) is 4.10. The van der Waals surface area contributed by atoms with Gasteiger partial charge in [-0.15, -0.1) is 11.3 Å². The van der Waals surface area contributed by atoms with E-state index >= 15 is 0 Å². The molecule has 0 bridgehead atoms. The molecule has 2 nitrogen and oxygen atoms in total. The fourth-order valence-electron chi connectivity index (χ4n) is 1.98. The van der Waals surface area contributed by atoms with Crippen LogP contribution in [-0.2, 0) is 12.8 Å². The van der Waals surface area contributed by atoms with Crippen LogP contribution >= 0.6 is 11.3 Å². The zero-order chi connectivity index (χ0) is 11.9. The Morgan fingerprint density at radius 3 is 2.71 bits per heavy atom. The van der Waals surface area contributed by atoms with Crippen LogP contribution in [-0.4, -0.2) is 17.6 Å². The number of rotatable bonds is 6. The average Bonchev–Trinajstić information content (AvgIpc) is 2.83. The maximum Gasteiger partial charge on any atom is 0.0270 e. The average molecular weight is 246 g/mol. The highest BCUT2D eigenvalue weighted by molar-refractivity contribution is 7.09. The van der Waals surface area contributed by atoms with Crippen molar-refractivity contribution in [3.63, 3.8) is 0 Å². The topological polar surface area (TPSA) is 24.9 Å². The standard InChI is InChI=1S/C14H18N2S/c1-2-16-13(11-14-4-3-9-17-14)10-12-5-7-15-8-6-12/h3-9,13,16H,2,10-11H2,1H3. The molecular formula is C14H18N2S. The van der Waals surface area contributed by atoms with Crippen LogP contribution in [0.3, 0.4) is 0 Å². The number of hydrogen-bond donors (Lipinski definition) is 1. The van der Waals surface area contributed by atoms with Crippen LogP contribution in [0.2, 0.25) is 0 Å². The van der Waals surface area contributed by atoms with Gasteiger partial charge in [0.1, 0.15) is 0 Å². The number of aromatic nitrogens is 1. The highest BCUT2D eigenvalue weighted by Crippen LogP contribution is 2.13. The number of pyridine rings is 1. The first-order valence-electron chi connectivity index (χ1n) is 6.03. The van der Waals surface area contributed by atoms with Crippen LogP contribution in [0.15, 0.2) is 42.0 Å². The smallest absolute Gasteiger partial charge is 0.0270 e. The van der Waals surface area contributed by atoms with Gasteiger partial charge in [-0.2, -0.15) is 0 Å². The minimum absolute atomic E-state index is 0.515. The summed E-state index contributed by atoms with van der Waals surface area (Å²) < 4.78 is 0. The van der Waals surface area contributed by atoms with Crippen LogP contribution in [0.5, 0.6) is 0 Å². The van der Waals surface area contributed by atoms with Gasteiger partial charge in [0, 0.05) is 23.3 Å². The SMILES string of the molecule is CCNC(Cc1ccncc1)Cc1cccs1. The van der Waals surface area contributed by atoms with E-state index < -0.39 is 0 Å². The summed E-state index contributed by atoms with van der Waals surface area (Å²) in [4.78, 5) is 5.51. The Labute approximate surface area is 107 Å². The van der Waals surface area contributed by atoms with Crippen LogP contribution in [0.4, 0.5) is 0 Å². The van der Waals surface area contributed by atoms with Gasteiger partial charge in [0.15, 0.2) is 0 Å². The van der Waals surface area contributed by atoms with Crippen molar-refractivity contribution >= 4 is 11.3 Å². The largest absolute Gasteiger partial charge is 0.314 e. The first-order valence-corrected chi connectivity index (χ1v) is 6.91. The molecule has 1 unspecified atom stereocenters. The second kappa shape index (κ2) is 6.52. The molecule has 0 aliphatic rings. The predicted molar refractivity (Wildman–Crippen MR) is 73.4 cm³/mol. The minimum atomic E-state index is 0.515. The summed E-state index contributed by atoms with van der Waals surface area (Å²) in [5.41, 5.74) is 1.35. The molecule has 0 radical (unpaired) electrons. The summed E-state index contributed by atoms with van der Waals surface area (Å²) in [5.74, 6) is 0. The molecule has 90 valence electrons. The monoisotopic (exact) mass is 246 g/mol. The molecule has 2 aromatic heterocycles. The molecule has 0 saturated carbocycles. The van der Waals surface area contributed by atoms with E-state index in [0.717, 1.165) is 19.4 Å². The summed E-state index contributed by atoms with van der Waals surface area (Å²) in [6.45, 7) is 3.18. The Balaban J connectivity index is 1.97. The first-order chi connectivity index (χ1) is 8.38. The number of likely N-dealkylation sites (N-methyl/N-ethyl adjacent to an activating group) is 1. The van der Waals surface area contributed by atoms with E-state index in [1.165, 1.54) is 10.4 Å². The highest BCUT2D eigenvalue weighted by atomic mass is 32.1. The normalized spacial score (nSPS) is 12.5. The van der Waals surface area contributed by atoms with Crippen molar-refractivity contribution < 1.29 is 0 Å². The van der Waals surface area contributed by atoms with Crippen molar-refractivity contribution in [2.75, 3.05) is 6.54 Å². The molecule has 0 aromatic carbocycles. The molecule has 3 heteroatoms. The molecule has 2 heterocycles. The van der Waals surface area contributed by atoms with Crippen molar-refractivity contribution in [1.82, 2.24) is 10.3 Å².